The Bertz CT molecular complexity index is 535. The smallest absolute Gasteiger partial charge is 0.193 e. The van der Waals surface area contributed by atoms with Crippen molar-refractivity contribution in [2.75, 3.05) is 29.2 Å². The SMILES string of the molecule is CN(C)c1ccc(C(=O)c2ccc(N(C)I)cc2)cc1. The molecule has 0 unspecified atom stereocenters. The van der Waals surface area contributed by atoms with Gasteiger partial charge in [-0.3, -0.25) is 4.79 Å². The van der Waals surface area contributed by atoms with Crippen molar-refractivity contribution in [1.29, 1.82) is 0 Å². The van der Waals surface area contributed by atoms with Crippen molar-refractivity contribution < 1.29 is 4.79 Å². The molecule has 2 rings (SSSR count). The minimum Gasteiger partial charge on any atom is -0.378 e. The normalized spacial score (nSPS) is 10.2. The Labute approximate surface area is 133 Å². The van der Waals surface area contributed by atoms with E-state index >= 15 is 0 Å². The molecule has 0 saturated carbocycles. The van der Waals surface area contributed by atoms with Crippen molar-refractivity contribution in [3.63, 3.8) is 0 Å². The summed E-state index contributed by atoms with van der Waals surface area (Å²) in [7, 11) is 5.93. The summed E-state index contributed by atoms with van der Waals surface area (Å²) in [4.78, 5) is 14.4. The lowest BCUT2D eigenvalue weighted by atomic mass is 10.0. The Balaban J connectivity index is 2.22. The fourth-order valence-electron chi connectivity index (χ4n) is 1.90. The second-order valence-corrected chi connectivity index (χ2v) is 6.24. The van der Waals surface area contributed by atoms with Crippen LogP contribution in [0.25, 0.3) is 0 Å². The molecule has 3 nitrogen and oxygen atoms in total. The quantitative estimate of drug-likeness (QED) is 0.458. The van der Waals surface area contributed by atoms with Gasteiger partial charge in [0, 0.05) is 43.6 Å². The molecular formula is C16H17IN2O. The number of rotatable bonds is 4. The van der Waals surface area contributed by atoms with Crippen LogP contribution in [0.4, 0.5) is 11.4 Å². The standard InChI is InChI=1S/C16H17IN2O/c1-18(2)14-8-4-12(5-9-14)16(20)13-6-10-15(11-7-13)19(3)17/h4-11H,1-3H3. The summed E-state index contributed by atoms with van der Waals surface area (Å²) in [6.45, 7) is 0. The predicted octanol–water partition coefficient (Wildman–Crippen LogP) is 3.77. The molecule has 0 amide bonds. The van der Waals surface area contributed by atoms with Crippen molar-refractivity contribution in [1.82, 2.24) is 0 Å². The Morgan fingerprint density at radius 1 is 0.800 bits per heavy atom. The van der Waals surface area contributed by atoms with E-state index in [2.05, 4.69) is 22.9 Å². The summed E-state index contributed by atoms with van der Waals surface area (Å²) >= 11 is 2.20. The predicted molar refractivity (Wildman–Crippen MR) is 93.1 cm³/mol. The topological polar surface area (TPSA) is 23.6 Å². The number of hydrogen-bond donors (Lipinski definition) is 0. The van der Waals surface area contributed by atoms with Crippen LogP contribution >= 0.6 is 22.9 Å². The summed E-state index contributed by atoms with van der Waals surface area (Å²) in [5, 5.41) is 0. The molecule has 104 valence electrons. The van der Waals surface area contributed by atoms with Gasteiger partial charge < -0.3 is 8.01 Å². The van der Waals surface area contributed by atoms with Crippen LogP contribution in [0.5, 0.6) is 0 Å². The number of benzene rings is 2. The summed E-state index contributed by atoms with van der Waals surface area (Å²) in [6.07, 6.45) is 0. The molecule has 0 bridgehead atoms. The molecule has 4 heteroatoms. The molecule has 0 spiro atoms. The van der Waals surface area contributed by atoms with Crippen LogP contribution in [0, 0.1) is 0 Å². The van der Waals surface area contributed by atoms with E-state index in [0.717, 1.165) is 11.4 Å². The van der Waals surface area contributed by atoms with Crippen LogP contribution in [0.15, 0.2) is 48.5 Å². The van der Waals surface area contributed by atoms with Gasteiger partial charge in [0.15, 0.2) is 5.78 Å². The average molecular weight is 380 g/mol. The summed E-state index contributed by atoms with van der Waals surface area (Å²) in [6, 6.07) is 15.3. The number of carbonyl (C=O) groups is 1. The maximum absolute atomic E-state index is 12.4. The van der Waals surface area contributed by atoms with Gasteiger partial charge in [-0.25, -0.2) is 0 Å². The molecule has 20 heavy (non-hydrogen) atoms. The fraction of sp³-hybridized carbons (Fsp3) is 0.188. The molecule has 0 heterocycles. The van der Waals surface area contributed by atoms with E-state index in [1.165, 1.54) is 0 Å². The second kappa shape index (κ2) is 6.26. The maximum Gasteiger partial charge on any atom is 0.193 e. The van der Waals surface area contributed by atoms with Crippen LogP contribution in [-0.4, -0.2) is 26.9 Å². The number of halogens is 1. The molecule has 0 atom stereocenters. The zero-order valence-electron chi connectivity index (χ0n) is 11.8. The van der Waals surface area contributed by atoms with E-state index < -0.39 is 0 Å². The Morgan fingerprint density at radius 3 is 1.55 bits per heavy atom. The van der Waals surface area contributed by atoms with Gasteiger partial charge in [0.2, 0.25) is 0 Å². The molecule has 0 radical (unpaired) electrons. The zero-order chi connectivity index (χ0) is 14.7. The third-order valence-electron chi connectivity index (χ3n) is 3.13. The van der Waals surface area contributed by atoms with Crippen molar-refractivity contribution in [2.24, 2.45) is 0 Å². The molecule has 0 saturated heterocycles. The van der Waals surface area contributed by atoms with Gasteiger partial charge >= 0.3 is 0 Å². The third kappa shape index (κ3) is 3.30. The van der Waals surface area contributed by atoms with Gasteiger partial charge in [0.1, 0.15) is 0 Å². The van der Waals surface area contributed by atoms with Crippen LogP contribution < -0.4 is 8.01 Å². The first-order chi connectivity index (χ1) is 9.49. The molecule has 2 aromatic rings. The maximum atomic E-state index is 12.4. The lowest BCUT2D eigenvalue weighted by molar-refractivity contribution is 0.103. The first kappa shape index (κ1) is 14.8. The van der Waals surface area contributed by atoms with E-state index in [9.17, 15) is 4.79 Å². The van der Waals surface area contributed by atoms with Gasteiger partial charge in [-0.05, 0) is 48.5 Å². The number of hydrogen-bond acceptors (Lipinski definition) is 3. The first-order valence-electron chi connectivity index (χ1n) is 6.30. The van der Waals surface area contributed by atoms with Crippen molar-refractivity contribution in [3.05, 3.63) is 59.7 Å². The minimum atomic E-state index is 0.0537. The van der Waals surface area contributed by atoms with E-state index in [4.69, 9.17) is 0 Å². The fourth-order valence-corrected chi connectivity index (χ4v) is 2.22. The zero-order valence-corrected chi connectivity index (χ0v) is 14.0. The summed E-state index contributed by atoms with van der Waals surface area (Å²) in [5.41, 5.74) is 3.59. The molecule has 0 aromatic heterocycles. The Hall–Kier alpha value is -1.56. The highest BCUT2D eigenvalue weighted by molar-refractivity contribution is 14.1. The van der Waals surface area contributed by atoms with E-state index in [-0.39, 0.29) is 5.78 Å². The van der Waals surface area contributed by atoms with Gasteiger partial charge in [0.25, 0.3) is 0 Å². The molecule has 0 N–H and O–H groups in total. The molecule has 0 fully saturated rings. The van der Waals surface area contributed by atoms with Crippen molar-refractivity contribution in [3.8, 4) is 0 Å². The molecule has 2 aromatic carbocycles. The van der Waals surface area contributed by atoms with Gasteiger partial charge in [-0.15, -0.1) is 0 Å². The number of anilines is 2. The Kier molecular flexibility index (Phi) is 4.65. The highest BCUT2D eigenvalue weighted by Crippen LogP contribution is 2.19. The molecule has 0 aliphatic carbocycles. The highest BCUT2D eigenvalue weighted by Gasteiger charge is 2.09. The number of nitrogens with zero attached hydrogens (tertiary/aromatic N) is 2. The van der Waals surface area contributed by atoms with Crippen LogP contribution in [0.1, 0.15) is 15.9 Å². The molecule has 0 aliphatic heterocycles. The van der Waals surface area contributed by atoms with Crippen molar-refractivity contribution >= 4 is 40.0 Å². The molecular weight excluding hydrogens is 363 g/mol. The average Bonchev–Trinajstić information content (AvgIpc) is 2.46. The Morgan fingerprint density at radius 2 is 1.20 bits per heavy atom. The first-order valence-corrected chi connectivity index (χ1v) is 7.27. The number of ketones is 1. The summed E-state index contributed by atoms with van der Waals surface area (Å²) < 4.78 is 1.98. The van der Waals surface area contributed by atoms with Gasteiger partial charge in [0.05, 0.1) is 22.9 Å². The van der Waals surface area contributed by atoms with Crippen molar-refractivity contribution in [2.45, 2.75) is 0 Å². The molecule has 0 aliphatic rings. The van der Waals surface area contributed by atoms with Gasteiger partial charge in [-0.2, -0.15) is 0 Å². The lowest BCUT2D eigenvalue weighted by Gasteiger charge is -2.13. The summed E-state index contributed by atoms with van der Waals surface area (Å²) in [5.74, 6) is 0.0537. The second-order valence-electron chi connectivity index (χ2n) is 4.79. The highest BCUT2D eigenvalue weighted by atomic mass is 127. The monoisotopic (exact) mass is 380 g/mol. The van der Waals surface area contributed by atoms with Crippen LogP contribution in [0.2, 0.25) is 0 Å². The largest absolute Gasteiger partial charge is 0.378 e. The van der Waals surface area contributed by atoms with E-state index in [1.807, 2.05) is 77.7 Å². The lowest BCUT2D eigenvalue weighted by Crippen LogP contribution is -2.09. The van der Waals surface area contributed by atoms with Crippen LogP contribution in [0.3, 0.4) is 0 Å². The van der Waals surface area contributed by atoms with E-state index in [0.29, 0.717) is 11.1 Å². The van der Waals surface area contributed by atoms with E-state index in [1.54, 1.807) is 0 Å². The van der Waals surface area contributed by atoms with Gasteiger partial charge in [-0.1, -0.05) is 0 Å². The third-order valence-corrected chi connectivity index (χ3v) is 3.69. The minimum absolute atomic E-state index is 0.0537. The number of carbonyl (C=O) groups excluding carboxylic acids is 1. The van der Waals surface area contributed by atoms with Crippen LogP contribution in [-0.2, 0) is 0 Å².